The molecule has 1 amide bonds. The normalized spacial score (nSPS) is 21.2. The largest absolute Gasteiger partial charge is 0.373 e. The Morgan fingerprint density at radius 2 is 2.12 bits per heavy atom. The molecule has 3 heterocycles. The third kappa shape index (κ3) is 3.53. The first-order valence-corrected chi connectivity index (χ1v) is 9.03. The van der Waals surface area contributed by atoms with Crippen LogP contribution in [0.4, 0.5) is 5.82 Å². The van der Waals surface area contributed by atoms with Gasteiger partial charge in [0.2, 0.25) is 5.91 Å². The zero-order chi connectivity index (χ0) is 17.3. The fourth-order valence-corrected chi connectivity index (χ4v) is 3.83. The lowest BCUT2D eigenvalue weighted by Crippen LogP contribution is -2.35. The molecule has 0 unspecified atom stereocenters. The minimum Gasteiger partial charge on any atom is -0.373 e. The van der Waals surface area contributed by atoms with Gasteiger partial charge in [0.15, 0.2) is 0 Å². The van der Waals surface area contributed by atoms with Crippen molar-refractivity contribution in [2.45, 2.75) is 46.1 Å². The van der Waals surface area contributed by atoms with E-state index in [1.807, 2.05) is 11.9 Å². The maximum atomic E-state index is 11.7. The van der Waals surface area contributed by atoms with Gasteiger partial charge in [-0.15, -0.1) is 0 Å². The Labute approximate surface area is 144 Å². The molecule has 1 aromatic rings. The molecule has 0 radical (unpaired) electrons. The smallest absolute Gasteiger partial charge is 0.219 e. The minimum atomic E-state index is 0.121. The van der Waals surface area contributed by atoms with E-state index >= 15 is 0 Å². The summed E-state index contributed by atoms with van der Waals surface area (Å²) in [5, 5.41) is 3.24. The van der Waals surface area contributed by atoms with Crippen molar-refractivity contribution in [2.75, 3.05) is 38.5 Å². The average molecular weight is 331 g/mol. The van der Waals surface area contributed by atoms with Crippen LogP contribution >= 0.6 is 0 Å². The van der Waals surface area contributed by atoms with Crippen molar-refractivity contribution >= 4 is 11.7 Å². The van der Waals surface area contributed by atoms with Crippen molar-refractivity contribution in [1.82, 2.24) is 19.8 Å². The standard InChI is InChI=1S/C18H29N5O/c1-12(2)9-22-7-5-14(10-22)17-20-16-11-23(13(3)24)8-6-15(16)18(19-4)21-17/h12,14H,5-11H2,1-4H3,(H,19,20,21)/t14-/m1/s1. The zero-order valence-corrected chi connectivity index (χ0v) is 15.3. The monoisotopic (exact) mass is 331 g/mol. The summed E-state index contributed by atoms with van der Waals surface area (Å²) in [5.74, 6) is 3.09. The minimum absolute atomic E-state index is 0.121. The molecule has 0 aromatic carbocycles. The topological polar surface area (TPSA) is 61.4 Å². The number of rotatable bonds is 4. The number of nitrogens with one attached hydrogen (secondary N) is 1. The van der Waals surface area contributed by atoms with E-state index in [1.54, 1.807) is 6.92 Å². The van der Waals surface area contributed by atoms with Crippen molar-refractivity contribution in [3.05, 3.63) is 17.1 Å². The molecule has 2 aliphatic rings. The summed E-state index contributed by atoms with van der Waals surface area (Å²) in [5.41, 5.74) is 2.20. The SMILES string of the molecule is CNc1nc([C@@H]2CCN(CC(C)C)C2)nc2c1CCN(C(C)=O)C2. The Morgan fingerprint density at radius 1 is 1.33 bits per heavy atom. The fraction of sp³-hybridized carbons (Fsp3) is 0.722. The number of fused-ring (bicyclic) bond motifs is 1. The molecular weight excluding hydrogens is 302 g/mol. The van der Waals surface area contributed by atoms with E-state index in [9.17, 15) is 4.79 Å². The molecule has 1 atom stereocenters. The Balaban J connectivity index is 1.82. The molecule has 3 rings (SSSR count). The van der Waals surface area contributed by atoms with E-state index in [2.05, 4.69) is 24.1 Å². The van der Waals surface area contributed by atoms with E-state index < -0.39 is 0 Å². The van der Waals surface area contributed by atoms with Gasteiger partial charge in [0.1, 0.15) is 11.6 Å². The first-order valence-electron chi connectivity index (χ1n) is 9.03. The lowest BCUT2D eigenvalue weighted by atomic mass is 10.0. The molecule has 0 aliphatic carbocycles. The first kappa shape index (κ1) is 17.1. The van der Waals surface area contributed by atoms with E-state index in [1.165, 1.54) is 5.56 Å². The van der Waals surface area contributed by atoms with Gasteiger partial charge in [0.25, 0.3) is 0 Å². The summed E-state index contributed by atoms with van der Waals surface area (Å²) in [7, 11) is 1.92. The quantitative estimate of drug-likeness (QED) is 0.913. The molecule has 1 saturated heterocycles. The van der Waals surface area contributed by atoms with Gasteiger partial charge in [0, 0.05) is 45.1 Å². The van der Waals surface area contributed by atoms with E-state index in [0.29, 0.717) is 18.4 Å². The van der Waals surface area contributed by atoms with Crippen molar-refractivity contribution in [1.29, 1.82) is 0 Å². The number of amides is 1. The van der Waals surface area contributed by atoms with Crippen molar-refractivity contribution < 1.29 is 4.79 Å². The second kappa shape index (κ2) is 7.05. The van der Waals surface area contributed by atoms with Gasteiger partial charge < -0.3 is 15.1 Å². The molecule has 1 aromatic heterocycles. The summed E-state index contributed by atoms with van der Waals surface area (Å²) in [6, 6.07) is 0. The first-order chi connectivity index (χ1) is 11.5. The summed E-state index contributed by atoms with van der Waals surface area (Å²) < 4.78 is 0. The highest BCUT2D eigenvalue weighted by Crippen LogP contribution is 2.30. The highest BCUT2D eigenvalue weighted by Gasteiger charge is 2.29. The number of likely N-dealkylation sites (tertiary alicyclic amines) is 1. The van der Waals surface area contributed by atoms with Crippen molar-refractivity contribution in [3.8, 4) is 0 Å². The van der Waals surface area contributed by atoms with Crippen LogP contribution in [0.2, 0.25) is 0 Å². The molecule has 1 fully saturated rings. The molecule has 1 N–H and O–H groups in total. The van der Waals surface area contributed by atoms with Crippen LogP contribution in [0.15, 0.2) is 0 Å². The number of hydrogen-bond donors (Lipinski definition) is 1. The molecular formula is C18H29N5O. The van der Waals surface area contributed by atoms with Crippen LogP contribution in [0, 0.1) is 5.92 Å². The molecule has 24 heavy (non-hydrogen) atoms. The van der Waals surface area contributed by atoms with Gasteiger partial charge in [-0.3, -0.25) is 4.79 Å². The van der Waals surface area contributed by atoms with Crippen LogP contribution in [0.3, 0.4) is 0 Å². The molecule has 0 spiro atoms. The molecule has 6 heteroatoms. The van der Waals surface area contributed by atoms with Gasteiger partial charge in [-0.2, -0.15) is 0 Å². The number of anilines is 1. The Kier molecular flexibility index (Phi) is 5.04. The Morgan fingerprint density at radius 3 is 2.79 bits per heavy atom. The molecule has 2 aliphatic heterocycles. The van der Waals surface area contributed by atoms with Crippen molar-refractivity contribution in [2.24, 2.45) is 5.92 Å². The highest BCUT2D eigenvalue weighted by molar-refractivity contribution is 5.73. The van der Waals surface area contributed by atoms with Gasteiger partial charge in [-0.25, -0.2) is 9.97 Å². The van der Waals surface area contributed by atoms with Crippen LogP contribution in [-0.4, -0.2) is 58.9 Å². The van der Waals surface area contributed by atoms with Crippen LogP contribution in [0.25, 0.3) is 0 Å². The second-order valence-electron chi connectivity index (χ2n) is 7.44. The lowest BCUT2D eigenvalue weighted by molar-refractivity contribution is -0.129. The molecule has 0 bridgehead atoms. The predicted molar refractivity (Wildman–Crippen MR) is 95.0 cm³/mol. The van der Waals surface area contributed by atoms with Crippen LogP contribution < -0.4 is 5.32 Å². The predicted octanol–water partition coefficient (Wildman–Crippen LogP) is 1.87. The Hall–Kier alpha value is -1.69. The maximum Gasteiger partial charge on any atom is 0.219 e. The fourth-order valence-electron chi connectivity index (χ4n) is 3.83. The number of hydrogen-bond acceptors (Lipinski definition) is 5. The second-order valence-corrected chi connectivity index (χ2v) is 7.44. The average Bonchev–Trinajstić information content (AvgIpc) is 3.00. The molecule has 0 saturated carbocycles. The summed E-state index contributed by atoms with van der Waals surface area (Å²) in [6.07, 6.45) is 1.95. The number of aromatic nitrogens is 2. The zero-order valence-electron chi connectivity index (χ0n) is 15.3. The van der Waals surface area contributed by atoms with Crippen LogP contribution in [0.1, 0.15) is 50.2 Å². The number of carbonyl (C=O) groups excluding carboxylic acids is 1. The third-order valence-corrected chi connectivity index (χ3v) is 5.03. The Bertz CT molecular complexity index is 616. The summed E-state index contributed by atoms with van der Waals surface area (Å²) in [6.45, 7) is 10.8. The summed E-state index contributed by atoms with van der Waals surface area (Å²) >= 11 is 0. The van der Waals surface area contributed by atoms with Crippen molar-refractivity contribution in [3.63, 3.8) is 0 Å². The lowest BCUT2D eigenvalue weighted by Gasteiger charge is -2.29. The van der Waals surface area contributed by atoms with Crippen LogP contribution in [0.5, 0.6) is 0 Å². The van der Waals surface area contributed by atoms with E-state index in [-0.39, 0.29) is 5.91 Å². The number of carbonyl (C=O) groups is 1. The van der Waals surface area contributed by atoms with Gasteiger partial charge in [-0.1, -0.05) is 13.8 Å². The van der Waals surface area contributed by atoms with Crippen LogP contribution in [-0.2, 0) is 17.8 Å². The van der Waals surface area contributed by atoms with E-state index in [0.717, 1.165) is 56.4 Å². The third-order valence-electron chi connectivity index (χ3n) is 5.03. The summed E-state index contributed by atoms with van der Waals surface area (Å²) in [4.78, 5) is 25.8. The van der Waals surface area contributed by atoms with Gasteiger partial charge in [-0.05, 0) is 25.3 Å². The van der Waals surface area contributed by atoms with Gasteiger partial charge in [0.05, 0.1) is 12.2 Å². The number of nitrogens with zero attached hydrogens (tertiary/aromatic N) is 4. The molecule has 6 nitrogen and oxygen atoms in total. The van der Waals surface area contributed by atoms with E-state index in [4.69, 9.17) is 9.97 Å². The maximum absolute atomic E-state index is 11.7. The van der Waals surface area contributed by atoms with Gasteiger partial charge >= 0.3 is 0 Å². The molecule has 132 valence electrons. The highest BCUT2D eigenvalue weighted by atomic mass is 16.2.